The molecule has 4 aromatic rings. The first-order valence-electron chi connectivity index (χ1n) is 7.53. The van der Waals surface area contributed by atoms with Gasteiger partial charge in [0.2, 0.25) is 0 Å². The molecule has 0 fully saturated rings. The van der Waals surface area contributed by atoms with E-state index >= 15 is 0 Å². The summed E-state index contributed by atoms with van der Waals surface area (Å²) in [4.78, 5) is 19.9. The third-order valence-electron chi connectivity index (χ3n) is 3.76. The van der Waals surface area contributed by atoms with Gasteiger partial charge in [-0.15, -0.1) is 0 Å². The Bertz CT molecular complexity index is 1060. The second-order valence-electron chi connectivity index (χ2n) is 5.54. The highest BCUT2D eigenvalue weighted by Gasteiger charge is 2.15. The van der Waals surface area contributed by atoms with Gasteiger partial charge in [-0.2, -0.15) is 5.10 Å². The molecular formula is C17H14N6O2. The summed E-state index contributed by atoms with van der Waals surface area (Å²) in [5.74, 6) is 0.0144. The van der Waals surface area contributed by atoms with E-state index in [4.69, 9.17) is 10.2 Å². The third-order valence-corrected chi connectivity index (χ3v) is 3.76. The summed E-state index contributed by atoms with van der Waals surface area (Å²) < 4.78 is 6.79. The second kappa shape index (κ2) is 5.75. The topological polar surface area (TPSA) is 111 Å². The van der Waals surface area contributed by atoms with E-state index in [-0.39, 0.29) is 5.76 Å². The number of carbonyl (C=O) groups is 1. The first-order valence-corrected chi connectivity index (χ1v) is 7.53. The van der Waals surface area contributed by atoms with Crippen LogP contribution in [0.3, 0.4) is 0 Å². The number of hydrogen-bond donors (Lipinski definition) is 2. The van der Waals surface area contributed by atoms with E-state index in [1.165, 1.54) is 18.2 Å². The molecule has 0 radical (unpaired) electrons. The Morgan fingerprint density at radius 1 is 1.24 bits per heavy atom. The lowest BCUT2D eigenvalue weighted by Crippen LogP contribution is -2.09. The molecule has 4 rings (SSSR count). The molecule has 0 aliphatic rings. The van der Waals surface area contributed by atoms with Crippen molar-refractivity contribution in [1.29, 1.82) is 0 Å². The van der Waals surface area contributed by atoms with Crippen LogP contribution in [-0.4, -0.2) is 25.5 Å². The lowest BCUT2D eigenvalue weighted by molar-refractivity contribution is 0.0974. The highest BCUT2D eigenvalue weighted by molar-refractivity contribution is 5.91. The van der Waals surface area contributed by atoms with E-state index in [9.17, 15) is 4.79 Å². The van der Waals surface area contributed by atoms with Crippen molar-refractivity contribution in [3.8, 4) is 11.3 Å². The van der Waals surface area contributed by atoms with Crippen LogP contribution in [0.2, 0.25) is 0 Å². The third kappa shape index (κ3) is 2.69. The number of anilines is 2. The highest BCUT2D eigenvalue weighted by Crippen LogP contribution is 2.25. The molecule has 0 aliphatic heterocycles. The normalized spacial score (nSPS) is 10.9. The Hall–Kier alpha value is -3.68. The summed E-state index contributed by atoms with van der Waals surface area (Å²) in [6.07, 6.45) is 4.51. The van der Waals surface area contributed by atoms with Crippen LogP contribution in [0.25, 0.3) is 16.9 Å². The summed E-state index contributed by atoms with van der Waals surface area (Å²) in [5, 5.41) is 7.46. The van der Waals surface area contributed by atoms with Crippen LogP contribution in [0.4, 0.5) is 11.5 Å². The second-order valence-corrected chi connectivity index (χ2v) is 5.54. The molecule has 8 nitrogen and oxygen atoms in total. The van der Waals surface area contributed by atoms with Gasteiger partial charge in [0.25, 0.3) is 5.91 Å². The maximum Gasteiger partial charge on any atom is 0.284 e. The molecule has 0 spiro atoms. The minimum atomic E-state index is -0.633. The molecule has 3 aromatic heterocycles. The lowest BCUT2D eigenvalue weighted by Gasteiger charge is -2.08. The summed E-state index contributed by atoms with van der Waals surface area (Å²) in [6.45, 7) is 2.03. The Labute approximate surface area is 142 Å². The predicted molar refractivity (Wildman–Crippen MR) is 91.5 cm³/mol. The number of hydrogen-bond acceptors (Lipinski definition) is 6. The van der Waals surface area contributed by atoms with E-state index in [2.05, 4.69) is 20.4 Å². The maximum atomic E-state index is 11.2. The van der Waals surface area contributed by atoms with Crippen LogP contribution in [0.15, 0.2) is 53.5 Å². The quantitative estimate of drug-likeness (QED) is 0.593. The molecular weight excluding hydrogens is 320 g/mol. The van der Waals surface area contributed by atoms with Crippen molar-refractivity contribution in [3.63, 3.8) is 0 Å². The molecule has 1 aromatic carbocycles. The van der Waals surface area contributed by atoms with Gasteiger partial charge >= 0.3 is 0 Å². The molecule has 3 heterocycles. The number of nitrogens with two attached hydrogens (primary N) is 1. The van der Waals surface area contributed by atoms with Crippen molar-refractivity contribution in [1.82, 2.24) is 19.6 Å². The van der Waals surface area contributed by atoms with Crippen molar-refractivity contribution in [3.05, 3.63) is 60.4 Å². The summed E-state index contributed by atoms with van der Waals surface area (Å²) in [6, 6.07) is 9.50. The number of carbonyl (C=O) groups excluding carboxylic acids is 1. The first kappa shape index (κ1) is 14.9. The Morgan fingerprint density at radius 3 is 2.76 bits per heavy atom. The first-order chi connectivity index (χ1) is 12.1. The molecule has 0 bridgehead atoms. The fourth-order valence-electron chi connectivity index (χ4n) is 2.48. The minimum absolute atomic E-state index is 0.0742. The van der Waals surface area contributed by atoms with Crippen LogP contribution in [-0.2, 0) is 0 Å². The lowest BCUT2D eigenvalue weighted by atomic mass is 10.2. The number of aryl methyl sites for hydroxylation is 1. The van der Waals surface area contributed by atoms with E-state index < -0.39 is 5.91 Å². The van der Waals surface area contributed by atoms with Gasteiger partial charge in [-0.1, -0.05) is 17.7 Å². The van der Waals surface area contributed by atoms with Crippen molar-refractivity contribution in [2.24, 2.45) is 5.73 Å². The number of benzene rings is 1. The molecule has 0 aliphatic carbocycles. The Balaban J connectivity index is 1.75. The van der Waals surface area contributed by atoms with Crippen LogP contribution in [0.1, 0.15) is 16.1 Å². The Kier molecular flexibility index (Phi) is 3.42. The molecule has 124 valence electrons. The highest BCUT2D eigenvalue weighted by atomic mass is 16.3. The number of aromatic nitrogens is 4. The number of rotatable bonds is 4. The van der Waals surface area contributed by atoms with Crippen molar-refractivity contribution >= 4 is 23.1 Å². The predicted octanol–water partition coefficient (Wildman–Crippen LogP) is 2.54. The Morgan fingerprint density at radius 2 is 2.04 bits per heavy atom. The number of fused-ring (bicyclic) bond motifs is 1. The summed E-state index contributed by atoms with van der Waals surface area (Å²) in [5.41, 5.74) is 9.13. The number of amides is 1. The van der Waals surface area contributed by atoms with Crippen molar-refractivity contribution < 1.29 is 9.21 Å². The fourth-order valence-corrected chi connectivity index (χ4v) is 2.48. The molecule has 3 N–H and O–H groups in total. The largest absolute Gasteiger partial charge is 0.458 e. The smallest absolute Gasteiger partial charge is 0.284 e. The van der Waals surface area contributed by atoms with Crippen LogP contribution >= 0.6 is 0 Å². The molecule has 0 atom stereocenters. The van der Waals surface area contributed by atoms with Gasteiger partial charge in [-0.25, -0.2) is 14.5 Å². The monoisotopic (exact) mass is 334 g/mol. The van der Waals surface area contributed by atoms with Gasteiger partial charge in [0.05, 0.1) is 11.9 Å². The molecule has 0 saturated carbocycles. The van der Waals surface area contributed by atoms with Gasteiger partial charge in [-0.05, 0) is 25.1 Å². The zero-order valence-electron chi connectivity index (χ0n) is 13.3. The molecule has 1 amide bonds. The zero-order chi connectivity index (χ0) is 17.4. The SMILES string of the molecule is Cc1ccc(Nc2ncc(-c3coc(C(N)=O)c3)n3ncnc23)cc1. The molecule has 25 heavy (non-hydrogen) atoms. The number of nitrogens with zero attached hydrogens (tertiary/aromatic N) is 4. The fraction of sp³-hybridized carbons (Fsp3) is 0.0588. The van der Waals surface area contributed by atoms with Gasteiger partial charge in [0, 0.05) is 11.3 Å². The molecule has 8 heteroatoms. The van der Waals surface area contributed by atoms with Gasteiger partial charge < -0.3 is 15.5 Å². The summed E-state index contributed by atoms with van der Waals surface area (Å²) >= 11 is 0. The van der Waals surface area contributed by atoms with Crippen LogP contribution in [0.5, 0.6) is 0 Å². The van der Waals surface area contributed by atoms with E-state index in [0.29, 0.717) is 22.7 Å². The van der Waals surface area contributed by atoms with Crippen molar-refractivity contribution in [2.75, 3.05) is 5.32 Å². The van der Waals surface area contributed by atoms with Gasteiger partial charge in [0.1, 0.15) is 12.6 Å². The van der Waals surface area contributed by atoms with Crippen LogP contribution < -0.4 is 11.1 Å². The zero-order valence-corrected chi connectivity index (χ0v) is 13.3. The van der Waals surface area contributed by atoms with Gasteiger partial charge in [0.15, 0.2) is 17.2 Å². The average molecular weight is 334 g/mol. The standard InChI is InChI=1S/C17H14N6O2/c1-10-2-4-12(5-3-10)22-16-17-20-9-21-23(17)13(7-19-16)11-6-14(15(18)24)25-8-11/h2-9H,1H3,(H2,18,24)(H,19,22). The van der Waals surface area contributed by atoms with E-state index in [0.717, 1.165) is 5.69 Å². The summed E-state index contributed by atoms with van der Waals surface area (Å²) in [7, 11) is 0. The molecule has 0 saturated heterocycles. The molecule has 0 unspecified atom stereocenters. The number of primary amides is 1. The van der Waals surface area contributed by atoms with Gasteiger partial charge in [-0.3, -0.25) is 4.79 Å². The minimum Gasteiger partial charge on any atom is -0.458 e. The van der Waals surface area contributed by atoms with Crippen LogP contribution in [0, 0.1) is 6.92 Å². The van der Waals surface area contributed by atoms with E-state index in [1.807, 2.05) is 31.2 Å². The maximum absolute atomic E-state index is 11.2. The van der Waals surface area contributed by atoms with Crippen molar-refractivity contribution in [2.45, 2.75) is 6.92 Å². The average Bonchev–Trinajstić information content (AvgIpc) is 3.26. The number of furan rings is 1. The number of nitrogens with one attached hydrogen (secondary N) is 1. The van der Waals surface area contributed by atoms with E-state index in [1.54, 1.807) is 16.8 Å².